The van der Waals surface area contributed by atoms with Crippen LogP contribution >= 0.6 is 0 Å². The van der Waals surface area contributed by atoms with Gasteiger partial charge in [-0.15, -0.1) is 0 Å². The number of carboxylic acid groups (broad SMARTS) is 1. The minimum absolute atomic E-state index is 0.180. The van der Waals surface area contributed by atoms with Crippen molar-refractivity contribution in [3.05, 3.63) is 23.8 Å². The number of benzene rings is 1. The molecule has 1 aliphatic carbocycles. The van der Waals surface area contributed by atoms with Crippen LogP contribution in [0, 0.1) is 5.92 Å². The smallest absolute Gasteiger partial charge is 0.337 e. The Morgan fingerprint density at radius 1 is 1.50 bits per heavy atom. The Bertz CT molecular complexity index is 453. The van der Waals surface area contributed by atoms with E-state index in [-0.39, 0.29) is 5.56 Å². The Kier molecular flexibility index (Phi) is 3.45. The van der Waals surface area contributed by atoms with Gasteiger partial charge in [0.2, 0.25) is 0 Å². The summed E-state index contributed by atoms with van der Waals surface area (Å²) in [6.07, 6.45) is 2.43. The van der Waals surface area contributed by atoms with E-state index < -0.39 is 5.97 Å². The number of nitrogen functional groups attached to an aromatic ring is 1. The first-order chi connectivity index (χ1) is 8.49. The predicted molar refractivity (Wildman–Crippen MR) is 73.0 cm³/mol. The van der Waals surface area contributed by atoms with Crippen LogP contribution in [-0.2, 0) is 0 Å². The summed E-state index contributed by atoms with van der Waals surface area (Å²) in [5, 5.41) is 8.97. The zero-order valence-corrected chi connectivity index (χ0v) is 10.9. The lowest BCUT2D eigenvalue weighted by molar-refractivity contribution is 0.0698. The van der Waals surface area contributed by atoms with Crippen LogP contribution in [0.4, 0.5) is 11.4 Å². The summed E-state index contributed by atoms with van der Waals surface area (Å²) in [5.74, 6) is -0.396. The third-order valence-electron chi connectivity index (χ3n) is 3.15. The van der Waals surface area contributed by atoms with Crippen LogP contribution in [-0.4, -0.2) is 23.7 Å². The van der Waals surface area contributed by atoms with Crippen molar-refractivity contribution in [3.63, 3.8) is 0 Å². The van der Waals surface area contributed by atoms with Crippen LogP contribution in [0.2, 0.25) is 0 Å². The first-order valence-corrected chi connectivity index (χ1v) is 6.38. The second-order valence-electron chi connectivity index (χ2n) is 5.35. The van der Waals surface area contributed by atoms with E-state index in [0.29, 0.717) is 17.6 Å². The molecule has 0 radical (unpaired) electrons. The normalized spacial score (nSPS) is 14.8. The van der Waals surface area contributed by atoms with Gasteiger partial charge in [-0.3, -0.25) is 0 Å². The van der Waals surface area contributed by atoms with Gasteiger partial charge in [0.15, 0.2) is 0 Å². The van der Waals surface area contributed by atoms with Crippen molar-refractivity contribution in [2.24, 2.45) is 5.92 Å². The first kappa shape index (κ1) is 12.7. The molecule has 4 heteroatoms. The molecule has 1 aromatic rings. The van der Waals surface area contributed by atoms with Crippen molar-refractivity contribution in [2.45, 2.75) is 32.7 Å². The molecular formula is C14H20N2O2. The highest BCUT2D eigenvalue weighted by Gasteiger charge is 2.29. The number of anilines is 2. The number of aromatic carboxylic acids is 1. The SMILES string of the molecule is CC(C)CN(c1ccc(C(=O)O)c(N)c1)C1CC1. The topological polar surface area (TPSA) is 66.6 Å². The second-order valence-corrected chi connectivity index (χ2v) is 5.35. The minimum Gasteiger partial charge on any atom is -0.478 e. The van der Waals surface area contributed by atoms with Gasteiger partial charge in [0.1, 0.15) is 0 Å². The maximum Gasteiger partial charge on any atom is 0.337 e. The van der Waals surface area contributed by atoms with Crippen molar-refractivity contribution >= 4 is 17.3 Å². The van der Waals surface area contributed by atoms with Crippen molar-refractivity contribution in [1.29, 1.82) is 0 Å². The molecule has 4 nitrogen and oxygen atoms in total. The van der Waals surface area contributed by atoms with Crippen LogP contribution in [0.1, 0.15) is 37.0 Å². The summed E-state index contributed by atoms with van der Waals surface area (Å²) >= 11 is 0. The van der Waals surface area contributed by atoms with Gasteiger partial charge < -0.3 is 15.7 Å². The standard InChI is InChI=1S/C14H20N2O2/c1-9(2)8-16(10-3-4-10)11-5-6-12(14(17)18)13(15)7-11/h5-7,9-10H,3-4,8,15H2,1-2H3,(H,17,18). The van der Waals surface area contributed by atoms with E-state index in [1.165, 1.54) is 12.8 Å². The van der Waals surface area contributed by atoms with Crippen molar-refractivity contribution in [1.82, 2.24) is 0 Å². The van der Waals surface area contributed by atoms with Gasteiger partial charge in [-0.1, -0.05) is 13.8 Å². The summed E-state index contributed by atoms with van der Waals surface area (Å²) in [6, 6.07) is 5.84. The molecule has 0 aromatic heterocycles. The Labute approximate surface area is 107 Å². The van der Waals surface area contributed by atoms with Gasteiger partial charge in [-0.05, 0) is 37.0 Å². The van der Waals surface area contributed by atoms with Gasteiger partial charge >= 0.3 is 5.97 Å². The minimum atomic E-state index is -0.971. The molecule has 1 fully saturated rings. The average molecular weight is 248 g/mol. The van der Waals surface area contributed by atoms with Crippen LogP contribution in [0.25, 0.3) is 0 Å². The number of carbonyl (C=O) groups is 1. The molecule has 1 saturated carbocycles. The summed E-state index contributed by atoms with van der Waals surface area (Å²) in [7, 11) is 0. The van der Waals surface area contributed by atoms with E-state index >= 15 is 0 Å². The quantitative estimate of drug-likeness (QED) is 0.786. The van der Waals surface area contributed by atoms with Crippen molar-refractivity contribution in [2.75, 3.05) is 17.2 Å². The highest BCUT2D eigenvalue weighted by molar-refractivity contribution is 5.94. The molecule has 1 aliphatic rings. The van der Waals surface area contributed by atoms with Gasteiger partial charge in [-0.25, -0.2) is 4.79 Å². The lowest BCUT2D eigenvalue weighted by Gasteiger charge is -2.27. The van der Waals surface area contributed by atoms with Crippen LogP contribution in [0.15, 0.2) is 18.2 Å². The number of nitrogens with zero attached hydrogens (tertiary/aromatic N) is 1. The number of carboxylic acids is 1. The average Bonchev–Trinajstić information content (AvgIpc) is 3.08. The number of hydrogen-bond donors (Lipinski definition) is 2. The third kappa shape index (κ3) is 2.75. The molecule has 98 valence electrons. The summed E-state index contributed by atoms with van der Waals surface area (Å²) in [5.41, 5.74) is 7.36. The van der Waals surface area contributed by atoms with Crippen molar-refractivity contribution in [3.8, 4) is 0 Å². The zero-order chi connectivity index (χ0) is 13.3. The van der Waals surface area contributed by atoms with Crippen LogP contribution in [0.5, 0.6) is 0 Å². The molecule has 0 atom stereocenters. The fourth-order valence-electron chi connectivity index (χ4n) is 2.17. The van der Waals surface area contributed by atoms with Gasteiger partial charge in [0.25, 0.3) is 0 Å². The fraction of sp³-hybridized carbons (Fsp3) is 0.500. The lowest BCUT2D eigenvalue weighted by atomic mass is 10.1. The first-order valence-electron chi connectivity index (χ1n) is 6.38. The third-order valence-corrected chi connectivity index (χ3v) is 3.15. The molecule has 18 heavy (non-hydrogen) atoms. The highest BCUT2D eigenvalue weighted by Crippen LogP contribution is 2.33. The number of rotatable bonds is 5. The molecule has 0 bridgehead atoms. The molecule has 0 aliphatic heterocycles. The maximum absolute atomic E-state index is 10.9. The maximum atomic E-state index is 10.9. The molecule has 3 N–H and O–H groups in total. The molecule has 0 amide bonds. The largest absolute Gasteiger partial charge is 0.478 e. The Hall–Kier alpha value is -1.71. The molecule has 0 unspecified atom stereocenters. The predicted octanol–water partition coefficient (Wildman–Crippen LogP) is 2.59. The molecule has 0 heterocycles. The highest BCUT2D eigenvalue weighted by atomic mass is 16.4. The Morgan fingerprint density at radius 2 is 2.17 bits per heavy atom. The van der Waals surface area contributed by atoms with E-state index in [9.17, 15) is 4.79 Å². The van der Waals surface area contributed by atoms with Crippen LogP contribution in [0.3, 0.4) is 0 Å². The summed E-state index contributed by atoms with van der Waals surface area (Å²) < 4.78 is 0. The molecule has 2 rings (SSSR count). The van der Waals surface area contributed by atoms with Gasteiger partial charge in [-0.2, -0.15) is 0 Å². The van der Waals surface area contributed by atoms with E-state index in [2.05, 4.69) is 18.7 Å². The van der Waals surface area contributed by atoms with E-state index in [1.807, 2.05) is 6.07 Å². The number of hydrogen-bond acceptors (Lipinski definition) is 3. The van der Waals surface area contributed by atoms with Gasteiger partial charge in [0, 0.05) is 24.0 Å². The molecule has 0 spiro atoms. The van der Waals surface area contributed by atoms with Crippen LogP contribution < -0.4 is 10.6 Å². The van der Waals surface area contributed by atoms with E-state index in [4.69, 9.17) is 10.8 Å². The Balaban J connectivity index is 2.25. The second kappa shape index (κ2) is 4.88. The zero-order valence-electron chi connectivity index (χ0n) is 10.9. The van der Waals surface area contributed by atoms with Crippen molar-refractivity contribution < 1.29 is 9.90 Å². The lowest BCUT2D eigenvalue weighted by Crippen LogP contribution is -2.29. The summed E-state index contributed by atoms with van der Waals surface area (Å²) in [6.45, 7) is 5.35. The molecule has 1 aromatic carbocycles. The monoisotopic (exact) mass is 248 g/mol. The Morgan fingerprint density at radius 3 is 2.61 bits per heavy atom. The number of nitrogens with two attached hydrogens (primary N) is 1. The van der Waals surface area contributed by atoms with E-state index in [1.54, 1.807) is 12.1 Å². The molecule has 0 saturated heterocycles. The van der Waals surface area contributed by atoms with Gasteiger partial charge in [0.05, 0.1) is 5.56 Å². The van der Waals surface area contributed by atoms with E-state index in [0.717, 1.165) is 12.2 Å². The summed E-state index contributed by atoms with van der Waals surface area (Å²) in [4.78, 5) is 13.3. The molecular weight excluding hydrogens is 228 g/mol. The fourth-order valence-corrected chi connectivity index (χ4v) is 2.17.